The van der Waals surface area contributed by atoms with Crippen molar-refractivity contribution in [3.8, 4) is 0 Å². The van der Waals surface area contributed by atoms with Gasteiger partial charge in [-0.15, -0.1) is 0 Å². The van der Waals surface area contributed by atoms with Crippen LogP contribution in [0.15, 0.2) is 67.0 Å². The van der Waals surface area contributed by atoms with Crippen molar-refractivity contribution in [3.05, 3.63) is 78.1 Å². The van der Waals surface area contributed by atoms with Gasteiger partial charge in [0, 0.05) is 49.9 Å². The molecule has 1 aliphatic heterocycles. The first-order valence-corrected chi connectivity index (χ1v) is 10.0. The van der Waals surface area contributed by atoms with Gasteiger partial charge in [0.2, 0.25) is 5.95 Å². The minimum atomic E-state index is -0.0155. The van der Waals surface area contributed by atoms with Crippen LogP contribution in [0.5, 0.6) is 0 Å². The summed E-state index contributed by atoms with van der Waals surface area (Å²) in [6.07, 6.45) is 4.14. The van der Waals surface area contributed by atoms with Crippen LogP contribution in [0.25, 0.3) is 0 Å². The zero-order valence-corrected chi connectivity index (χ0v) is 16.6. The molecule has 2 heterocycles. The molecule has 3 aromatic rings. The molecule has 0 aliphatic carbocycles. The summed E-state index contributed by atoms with van der Waals surface area (Å²) in [5.41, 5.74) is 3.91. The fourth-order valence-electron chi connectivity index (χ4n) is 3.56. The van der Waals surface area contributed by atoms with Crippen LogP contribution < -0.4 is 10.2 Å². The summed E-state index contributed by atoms with van der Waals surface area (Å²) < 4.78 is 0. The number of nitrogens with zero attached hydrogens (tertiary/aromatic N) is 4. The summed E-state index contributed by atoms with van der Waals surface area (Å²) in [6.45, 7) is 5.14. The highest BCUT2D eigenvalue weighted by atomic mass is 16.2. The Morgan fingerprint density at radius 2 is 1.59 bits per heavy atom. The van der Waals surface area contributed by atoms with E-state index in [9.17, 15) is 4.79 Å². The van der Waals surface area contributed by atoms with Crippen molar-refractivity contribution in [3.63, 3.8) is 0 Å². The van der Waals surface area contributed by atoms with Crippen molar-refractivity contribution in [2.24, 2.45) is 0 Å². The maximum Gasteiger partial charge on any atom is 0.257 e. The van der Waals surface area contributed by atoms with Crippen LogP contribution in [-0.4, -0.2) is 47.0 Å². The molecule has 2 aromatic carbocycles. The first kappa shape index (κ1) is 18.9. The van der Waals surface area contributed by atoms with Crippen molar-refractivity contribution in [2.75, 3.05) is 36.4 Å². The Labute approximate surface area is 171 Å². The van der Waals surface area contributed by atoms with E-state index in [0.29, 0.717) is 24.6 Å². The number of piperazine rings is 1. The van der Waals surface area contributed by atoms with E-state index in [1.54, 1.807) is 12.4 Å². The fourth-order valence-corrected chi connectivity index (χ4v) is 3.56. The van der Waals surface area contributed by atoms with Crippen LogP contribution in [0.4, 0.5) is 17.3 Å². The molecule has 1 fully saturated rings. The Balaban J connectivity index is 1.37. The molecule has 1 saturated heterocycles. The molecule has 0 unspecified atom stereocenters. The van der Waals surface area contributed by atoms with Crippen LogP contribution in [0, 0.1) is 0 Å². The standard InChI is InChI=1S/C23H25N5O/c1-2-18-8-6-7-11-21(18)26-23-24-16-19(17-25-23)22(29)28-14-12-27(13-15-28)20-9-4-3-5-10-20/h3-11,16-17H,2,12-15H2,1H3,(H,24,25,26). The predicted octanol–water partition coefficient (Wildman–Crippen LogP) is 3.75. The lowest BCUT2D eigenvalue weighted by atomic mass is 10.1. The molecule has 1 amide bonds. The summed E-state index contributed by atoms with van der Waals surface area (Å²) in [6, 6.07) is 18.4. The molecule has 0 radical (unpaired) electrons. The maximum absolute atomic E-state index is 12.8. The quantitative estimate of drug-likeness (QED) is 0.723. The Morgan fingerprint density at radius 1 is 0.931 bits per heavy atom. The van der Waals surface area contributed by atoms with Crippen molar-refractivity contribution < 1.29 is 4.79 Å². The lowest BCUT2D eigenvalue weighted by Crippen LogP contribution is -2.48. The predicted molar refractivity (Wildman–Crippen MR) is 116 cm³/mol. The molecule has 0 saturated carbocycles. The maximum atomic E-state index is 12.8. The lowest BCUT2D eigenvalue weighted by Gasteiger charge is -2.36. The fraction of sp³-hybridized carbons (Fsp3) is 0.261. The van der Waals surface area contributed by atoms with Gasteiger partial charge in [0.25, 0.3) is 5.91 Å². The number of hydrogen-bond acceptors (Lipinski definition) is 5. The molecule has 1 N–H and O–H groups in total. The molecule has 4 rings (SSSR count). The van der Waals surface area contributed by atoms with E-state index in [1.165, 1.54) is 11.3 Å². The largest absolute Gasteiger partial charge is 0.368 e. The normalized spacial score (nSPS) is 14.0. The molecule has 0 atom stereocenters. The van der Waals surface area contributed by atoms with Gasteiger partial charge in [-0.1, -0.05) is 43.3 Å². The van der Waals surface area contributed by atoms with Crippen molar-refractivity contribution in [1.82, 2.24) is 14.9 Å². The second kappa shape index (κ2) is 8.73. The summed E-state index contributed by atoms with van der Waals surface area (Å²) in [7, 11) is 0. The minimum absolute atomic E-state index is 0.0155. The Bertz CT molecular complexity index is 951. The van der Waals surface area contributed by atoms with Gasteiger partial charge in [0.15, 0.2) is 0 Å². The van der Waals surface area contributed by atoms with Gasteiger partial charge < -0.3 is 15.1 Å². The van der Waals surface area contributed by atoms with Crippen LogP contribution in [0.3, 0.4) is 0 Å². The van der Waals surface area contributed by atoms with Crippen LogP contribution in [-0.2, 0) is 6.42 Å². The molecule has 29 heavy (non-hydrogen) atoms. The Kier molecular flexibility index (Phi) is 5.70. The first-order valence-electron chi connectivity index (χ1n) is 10.0. The molecular weight excluding hydrogens is 362 g/mol. The number of amides is 1. The molecule has 0 bridgehead atoms. The van der Waals surface area contributed by atoms with E-state index in [-0.39, 0.29) is 5.91 Å². The van der Waals surface area contributed by atoms with Gasteiger partial charge in [-0.2, -0.15) is 0 Å². The average Bonchev–Trinajstić information content (AvgIpc) is 2.80. The van der Waals surface area contributed by atoms with Crippen molar-refractivity contribution in [1.29, 1.82) is 0 Å². The molecule has 6 heteroatoms. The number of carbonyl (C=O) groups excluding carboxylic acids is 1. The first-order chi connectivity index (χ1) is 14.2. The highest BCUT2D eigenvalue weighted by molar-refractivity contribution is 5.94. The second-order valence-corrected chi connectivity index (χ2v) is 7.05. The summed E-state index contributed by atoms with van der Waals surface area (Å²) in [5, 5.41) is 3.24. The average molecular weight is 387 g/mol. The van der Waals surface area contributed by atoms with Crippen LogP contribution in [0.2, 0.25) is 0 Å². The van der Waals surface area contributed by atoms with E-state index in [0.717, 1.165) is 25.2 Å². The molecule has 1 aliphatic rings. The second-order valence-electron chi connectivity index (χ2n) is 7.05. The van der Waals surface area contributed by atoms with Crippen molar-refractivity contribution >= 4 is 23.2 Å². The van der Waals surface area contributed by atoms with Gasteiger partial charge in [-0.25, -0.2) is 9.97 Å². The van der Waals surface area contributed by atoms with Gasteiger partial charge in [-0.05, 0) is 30.2 Å². The number of benzene rings is 2. The number of nitrogens with one attached hydrogen (secondary N) is 1. The number of aromatic nitrogens is 2. The summed E-state index contributed by atoms with van der Waals surface area (Å²) >= 11 is 0. The molecular formula is C23H25N5O. The zero-order chi connectivity index (χ0) is 20.1. The minimum Gasteiger partial charge on any atom is -0.368 e. The van der Waals surface area contributed by atoms with E-state index in [4.69, 9.17) is 0 Å². The number of carbonyl (C=O) groups is 1. The number of rotatable bonds is 5. The number of anilines is 3. The number of para-hydroxylation sites is 2. The monoisotopic (exact) mass is 387 g/mol. The van der Waals surface area contributed by atoms with E-state index in [2.05, 4.69) is 45.3 Å². The summed E-state index contributed by atoms with van der Waals surface area (Å²) in [5.74, 6) is 0.481. The molecule has 148 valence electrons. The Hall–Kier alpha value is -3.41. The van der Waals surface area contributed by atoms with Gasteiger partial charge in [0.05, 0.1) is 5.56 Å². The van der Waals surface area contributed by atoms with E-state index in [1.807, 2.05) is 41.3 Å². The highest BCUT2D eigenvalue weighted by Crippen LogP contribution is 2.20. The zero-order valence-electron chi connectivity index (χ0n) is 16.6. The van der Waals surface area contributed by atoms with Gasteiger partial charge >= 0.3 is 0 Å². The third-order valence-electron chi connectivity index (χ3n) is 5.23. The molecule has 1 aromatic heterocycles. The SMILES string of the molecule is CCc1ccccc1Nc1ncc(C(=O)N2CCN(c3ccccc3)CC2)cn1. The third kappa shape index (κ3) is 4.37. The topological polar surface area (TPSA) is 61.4 Å². The smallest absolute Gasteiger partial charge is 0.257 e. The van der Waals surface area contributed by atoms with Crippen LogP contribution in [0.1, 0.15) is 22.8 Å². The van der Waals surface area contributed by atoms with Gasteiger partial charge in [-0.3, -0.25) is 4.79 Å². The van der Waals surface area contributed by atoms with E-state index >= 15 is 0 Å². The van der Waals surface area contributed by atoms with Crippen LogP contribution >= 0.6 is 0 Å². The van der Waals surface area contributed by atoms with Crippen molar-refractivity contribution in [2.45, 2.75) is 13.3 Å². The Morgan fingerprint density at radius 3 is 2.28 bits per heavy atom. The third-order valence-corrected chi connectivity index (χ3v) is 5.23. The van der Waals surface area contributed by atoms with Gasteiger partial charge in [0.1, 0.15) is 0 Å². The molecule has 0 spiro atoms. The molecule has 6 nitrogen and oxygen atoms in total. The highest BCUT2D eigenvalue weighted by Gasteiger charge is 2.22. The number of hydrogen-bond donors (Lipinski definition) is 1. The lowest BCUT2D eigenvalue weighted by molar-refractivity contribution is 0.0746. The number of aryl methyl sites for hydroxylation is 1. The van der Waals surface area contributed by atoms with E-state index < -0.39 is 0 Å². The summed E-state index contributed by atoms with van der Waals surface area (Å²) in [4.78, 5) is 25.7.